The Morgan fingerprint density at radius 1 is 1.09 bits per heavy atom. The topological polar surface area (TPSA) is 59.9 Å². The minimum absolute atomic E-state index is 0.0546. The molecule has 0 heterocycles. The Hall–Kier alpha value is -2.96. The van der Waals surface area contributed by atoms with Crippen molar-refractivity contribution < 1.29 is 23.0 Å². The molecule has 1 amide bonds. The maximum Gasteiger partial charge on any atom is 0.271 e. The smallest absolute Gasteiger partial charge is 0.271 e. The SMILES string of the molecule is COc1ccc(C(=O)NN=Cc2ccc(F)cc2F)cc1OC. The van der Waals surface area contributed by atoms with E-state index < -0.39 is 17.5 Å². The van der Waals surface area contributed by atoms with Gasteiger partial charge in [-0.05, 0) is 30.3 Å². The number of halogens is 2. The van der Waals surface area contributed by atoms with Gasteiger partial charge in [0.05, 0.1) is 20.4 Å². The van der Waals surface area contributed by atoms with Crippen LogP contribution < -0.4 is 14.9 Å². The minimum Gasteiger partial charge on any atom is -0.493 e. The van der Waals surface area contributed by atoms with Gasteiger partial charge in [-0.2, -0.15) is 5.10 Å². The van der Waals surface area contributed by atoms with E-state index in [1.165, 1.54) is 32.4 Å². The summed E-state index contributed by atoms with van der Waals surface area (Å²) in [4.78, 5) is 12.0. The average Bonchev–Trinajstić information content (AvgIpc) is 2.56. The van der Waals surface area contributed by atoms with Crippen LogP contribution in [-0.2, 0) is 0 Å². The molecular formula is C16H14F2N2O3. The number of hydrogen-bond acceptors (Lipinski definition) is 4. The first kappa shape index (κ1) is 16.4. The largest absolute Gasteiger partial charge is 0.493 e. The van der Waals surface area contributed by atoms with Crippen LogP contribution in [0.3, 0.4) is 0 Å². The second-order valence-corrected chi connectivity index (χ2v) is 4.43. The van der Waals surface area contributed by atoms with Crippen molar-refractivity contribution in [2.45, 2.75) is 0 Å². The van der Waals surface area contributed by atoms with E-state index in [1.807, 2.05) is 0 Å². The predicted octanol–water partition coefficient (Wildman–Crippen LogP) is 2.75. The zero-order valence-corrected chi connectivity index (χ0v) is 12.5. The Bertz CT molecular complexity index is 748. The number of ether oxygens (including phenoxy) is 2. The molecule has 0 saturated heterocycles. The number of hydrazone groups is 1. The summed E-state index contributed by atoms with van der Waals surface area (Å²) in [6.45, 7) is 0. The van der Waals surface area contributed by atoms with E-state index >= 15 is 0 Å². The van der Waals surface area contributed by atoms with Crippen LogP contribution in [0.15, 0.2) is 41.5 Å². The third-order valence-corrected chi connectivity index (χ3v) is 2.98. The van der Waals surface area contributed by atoms with E-state index in [0.717, 1.165) is 18.3 Å². The van der Waals surface area contributed by atoms with E-state index in [0.29, 0.717) is 17.1 Å². The highest BCUT2D eigenvalue weighted by Crippen LogP contribution is 2.27. The van der Waals surface area contributed by atoms with Crippen LogP contribution in [-0.4, -0.2) is 26.3 Å². The van der Waals surface area contributed by atoms with Gasteiger partial charge in [-0.15, -0.1) is 0 Å². The maximum absolute atomic E-state index is 13.4. The number of nitrogens with zero attached hydrogens (tertiary/aromatic N) is 1. The number of hydrogen-bond donors (Lipinski definition) is 1. The van der Waals surface area contributed by atoms with Crippen molar-refractivity contribution in [1.29, 1.82) is 0 Å². The molecule has 0 aliphatic heterocycles. The second kappa shape index (κ2) is 7.35. The monoisotopic (exact) mass is 320 g/mol. The average molecular weight is 320 g/mol. The molecule has 0 unspecified atom stereocenters. The van der Waals surface area contributed by atoms with Gasteiger partial charge >= 0.3 is 0 Å². The van der Waals surface area contributed by atoms with Gasteiger partial charge in [-0.1, -0.05) is 0 Å². The van der Waals surface area contributed by atoms with Crippen LogP contribution in [0.4, 0.5) is 8.78 Å². The lowest BCUT2D eigenvalue weighted by molar-refractivity contribution is 0.0954. The summed E-state index contributed by atoms with van der Waals surface area (Å²) in [5.41, 5.74) is 2.60. The first-order chi connectivity index (χ1) is 11.0. The molecule has 0 fully saturated rings. The number of amides is 1. The summed E-state index contributed by atoms with van der Waals surface area (Å²) in [7, 11) is 2.94. The van der Waals surface area contributed by atoms with Crippen LogP contribution in [0.25, 0.3) is 0 Å². The fourth-order valence-electron chi connectivity index (χ4n) is 1.81. The fraction of sp³-hybridized carbons (Fsp3) is 0.125. The number of carbonyl (C=O) groups is 1. The highest BCUT2D eigenvalue weighted by molar-refractivity contribution is 5.95. The highest BCUT2D eigenvalue weighted by Gasteiger charge is 2.10. The zero-order chi connectivity index (χ0) is 16.8. The Morgan fingerprint density at radius 2 is 1.83 bits per heavy atom. The van der Waals surface area contributed by atoms with Gasteiger partial charge in [-0.3, -0.25) is 4.79 Å². The van der Waals surface area contributed by atoms with E-state index in [2.05, 4.69) is 10.5 Å². The Kier molecular flexibility index (Phi) is 5.24. The summed E-state index contributed by atoms with van der Waals surface area (Å²) in [5, 5.41) is 3.65. The fourth-order valence-corrected chi connectivity index (χ4v) is 1.81. The van der Waals surface area contributed by atoms with Crippen LogP contribution in [0.5, 0.6) is 11.5 Å². The second-order valence-electron chi connectivity index (χ2n) is 4.43. The number of carbonyl (C=O) groups excluding carboxylic acids is 1. The van der Waals surface area contributed by atoms with Gasteiger partial charge in [0.2, 0.25) is 0 Å². The quantitative estimate of drug-likeness (QED) is 0.681. The molecule has 0 aliphatic rings. The maximum atomic E-state index is 13.4. The molecular weight excluding hydrogens is 306 g/mol. The molecule has 1 N–H and O–H groups in total. The van der Waals surface area contributed by atoms with E-state index in [1.54, 1.807) is 6.07 Å². The van der Waals surface area contributed by atoms with Crippen molar-refractivity contribution in [3.05, 3.63) is 59.2 Å². The lowest BCUT2D eigenvalue weighted by atomic mass is 10.2. The van der Waals surface area contributed by atoms with Crippen LogP contribution in [0, 0.1) is 11.6 Å². The molecule has 0 bridgehead atoms. The van der Waals surface area contributed by atoms with E-state index in [4.69, 9.17) is 9.47 Å². The molecule has 0 radical (unpaired) electrons. The Labute approximate surface area is 131 Å². The Morgan fingerprint density at radius 3 is 2.48 bits per heavy atom. The van der Waals surface area contributed by atoms with E-state index in [9.17, 15) is 13.6 Å². The van der Waals surface area contributed by atoms with Crippen LogP contribution in [0.2, 0.25) is 0 Å². The summed E-state index contributed by atoms with van der Waals surface area (Å²) < 4.78 is 36.4. The Balaban J connectivity index is 2.08. The zero-order valence-electron chi connectivity index (χ0n) is 12.5. The van der Waals surface area contributed by atoms with Gasteiger partial charge in [0.25, 0.3) is 5.91 Å². The molecule has 0 aromatic heterocycles. The molecule has 23 heavy (non-hydrogen) atoms. The van der Waals surface area contributed by atoms with Gasteiger partial charge in [-0.25, -0.2) is 14.2 Å². The number of benzene rings is 2. The van der Waals surface area contributed by atoms with Gasteiger partial charge < -0.3 is 9.47 Å². The predicted molar refractivity (Wildman–Crippen MR) is 81.0 cm³/mol. The standard InChI is InChI=1S/C16H14F2N2O3/c1-22-14-6-4-10(7-15(14)23-2)16(21)20-19-9-11-3-5-12(17)8-13(11)18/h3-9H,1-2H3,(H,20,21). The van der Waals surface area contributed by atoms with Crippen LogP contribution >= 0.6 is 0 Å². The number of methoxy groups -OCH3 is 2. The first-order valence-corrected chi connectivity index (χ1v) is 6.55. The summed E-state index contributed by atoms with van der Waals surface area (Å²) in [6.07, 6.45) is 1.09. The van der Waals surface area contributed by atoms with Gasteiger partial charge in [0.1, 0.15) is 11.6 Å². The molecule has 0 spiro atoms. The van der Waals surface area contributed by atoms with Crippen molar-refractivity contribution in [2.75, 3.05) is 14.2 Å². The highest BCUT2D eigenvalue weighted by atomic mass is 19.1. The minimum atomic E-state index is -0.769. The summed E-state index contributed by atoms with van der Waals surface area (Å²) in [6, 6.07) is 7.65. The van der Waals surface area contributed by atoms with Crippen LogP contribution in [0.1, 0.15) is 15.9 Å². The van der Waals surface area contributed by atoms with Crippen molar-refractivity contribution in [1.82, 2.24) is 5.43 Å². The normalized spacial score (nSPS) is 10.6. The van der Waals surface area contributed by atoms with Gasteiger partial charge in [0, 0.05) is 17.2 Å². The lowest BCUT2D eigenvalue weighted by Gasteiger charge is -2.08. The molecule has 0 atom stereocenters. The van der Waals surface area contributed by atoms with Crippen molar-refractivity contribution in [3.63, 3.8) is 0 Å². The molecule has 0 aliphatic carbocycles. The number of rotatable bonds is 5. The molecule has 2 aromatic rings. The molecule has 5 nitrogen and oxygen atoms in total. The van der Waals surface area contributed by atoms with Crippen molar-refractivity contribution in [2.24, 2.45) is 5.10 Å². The van der Waals surface area contributed by atoms with Crippen molar-refractivity contribution in [3.8, 4) is 11.5 Å². The summed E-state index contributed by atoms with van der Waals surface area (Å²) in [5.74, 6) is -1.08. The third kappa shape index (κ3) is 4.03. The van der Waals surface area contributed by atoms with Crippen molar-refractivity contribution >= 4 is 12.1 Å². The third-order valence-electron chi connectivity index (χ3n) is 2.98. The summed E-state index contributed by atoms with van der Waals surface area (Å²) >= 11 is 0. The molecule has 120 valence electrons. The molecule has 2 aromatic carbocycles. The molecule has 7 heteroatoms. The molecule has 0 saturated carbocycles. The number of nitrogens with one attached hydrogen (secondary N) is 1. The van der Waals surface area contributed by atoms with E-state index in [-0.39, 0.29) is 5.56 Å². The molecule has 2 rings (SSSR count). The van der Waals surface area contributed by atoms with Gasteiger partial charge in [0.15, 0.2) is 11.5 Å². The first-order valence-electron chi connectivity index (χ1n) is 6.55. The lowest BCUT2D eigenvalue weighted by Crippen LogP contribution is -2.17.